The van der Waals surface area contributed by atoms with Crippen LogP contribution in [0.5, 0.6) is 5.75 Å². The Labute approximate surface area is 155 Å². The van der Waals surface area contributed by atoms with Crippen LogP contribution in [0.25, 0.3) is 0 Å². The minimum atomic E-state index is -0.0677. The molecular formula is C18H21BrClN2O2+. The van der Waals surface area contributed by atoms with Crippen LogP contribution in [-0.4, -0.2) is 32.7 Å². The number of benzene rings is 2. The maximum absolute atomic E-state index is 12.1. The molecular weight excluding hydrogens is 392 g/mol. The van der Waals surface area contributed by atoms with Gasteiger partial charge < -0.3 is 15.0 Å². The van der Waals surface area contributed by atoms with Gasteiger partial charge in [-0.05, 0) is 48.9 Å². The number of rotatable bonds is 7. The lowest BCUT2D eigenvalue weighted by atomic mass is 10.2. The first-order valence-electron chi connectivity index (χ1n) is 7.69. The summed E-state index contributed by atoms with van der Waals surface area (Å²) >= 11 is 9.51. The average molecular weight is 413 g/mol. The second kappa shape index (κ2) is 9.06. The molecule has 0 spiro atoms. The van der Waals surface area contributed by atoms with E-state index in [4.69, 9.17) is 16.3 Å². The Bertz CT molecular complexity index is 692. The molecule has 0 heterocycles. The van der Waals surface area contributed by atoms with Gasteiger partial charge in [0.2, 0.25) is 0 Å². The summed E-state index contributed by atoms with van der Waals surface area (Å²) in [6.45, 7) is 3.59. The standard InChI is InChI=1S/C18H20BrClN2O2/c1-13-3-8-17(16(20)11-13)21-18(23)12-22(2)9-10-24-15-6-4-14(19)5-7-15/h3-8,11H,9-10,12H2,1-2H3,(H,21,23)/p+1. The van der Waals surface area contributed by atoms with Gasteiger partial charge in [-0.2, -0.15) is 0 Å². The van der Waals surface area contributed by atoms with E-state index in [-0.39, 0.29) is 5.91 Å². The summed E-state index contributed by atoms with van der Waals surface area (Å²) in [6, 6.07) is 13.3. The fourth-order valence-electron chi connectivity index (χ4n) is 2.15. The predicted octanol–water partition coefficient (Wildman–Crippen LogP) is 2.94. The highest BCUT2D eigenvalue weighted by Crippen LogP contribution is 2.22. The lowest BCUT2D eigenvalue weighted by Crippen LogP contribution is -3.10. The summed E-state index contributed by atoms with van der Waals surface area (Å²) in [4.78, 5) is 13.2. The number of hydrogen-bond donors (Lipinski definition) is 2. The zero-order valence-corrected chi connectivity index (χ0v) is 16.1. The van der Waals surface area contributed by atoms with Crippen molar-refractivity contribution in [1.82, 2.24) is 0 Å². The van der Waals surface area contributed by atoms with E-state index < -0.39 is 0 Å². The average Bonchev–Trinajstić information content (AvgIpc) is 2.52. The van der Waals surface area contributed by atoms with Gasteiger partial charge >= 0.3 is 0 Å². The van der Waals surface area contributed by atoms with Gasteiger partial charge in [-0.15, -0.1) is 0 Å². The van der Waals surface area contributed by atoms with Crippen LogP contribution in [0.4, 0.5) is 5.69 Å². The number of aryl methyl sites for hydroxylation is 1. The highest BCUT2D eigenvalue weighted by Gasteiger charge is 2.12. The number of hydrogen-bond acceptors (Lipinski definition) is 2. The van der Waals surface area contributed by atoms with Crippen LogP contribution >= 0.6 is 27.5 Å². The van der Waals surface area contributed by atoms with Crippen molar-refractivity contribution in [3.8, 4) is 5.75 Å². The van der Waals surface area contributed by atoms with Gasteiger partial charge in [-0.25, -0.2) is 0 Å². The minimum Gasteiger partial charge on any atom is -0.488 e. The number of anilines is 1. The number of carbonyl (C=O) groups excluding carboxylic acids is 1. The molecule has 0 saturated carbocycles. The Balaban J connectivity index is 1.74. The molecule has 0 aliphatic rings. The molecule has 0 radical (unpaired) electrons. The first-order valence-corrected chi connectivity index (χ1v) is 8.87. The van der Waals surface area contributed by atoms with Gasteiger partial charge in [0.05, 0.1) is 17.8 Å². The maximum atomic E-state index is 12.1. The largest absolute Gasteiger partial charge is 0.488 e. The summed E-state index contributed by atoms with van der Waals surface area (Å²) < 4.78 is 6.69. The predicted molar refractivity (Wildman–Crippen MR) is 101 cm³/mol. The summed E-state index contributed by atoms with van der Waals surface area (Å²) in [5, 5.41) is 3.40. The number of nitrogens with one attached hydrogen (secondary N) is 2. The Morgan fingerprint density at radius 2 is 1.96 bits per heavy atom. The smallest absolute Gasteiger partial charge is 0.279 e. The normalized spacial score (nSPS) is 11.8. The summed E-state index contributed by atoms with van der Waals surface area (Å²) in [6.07, 6.45) is 0. The molecule has 2 aromatic rings. The van der Waals surface area contributed by atoms with Crippen molar-refractivity contribution in [3.63, 3.8) is 0 Å². The Morgan fingerprint density at radius 3 is 2.62 bits per heavy atom. The molecule has 0 aromatic heterocycles. The summed E-state index contributed by atoms with van der Waals surface area (Å²) in [5.41, 5.74) is 1.71. The molecule has 0 fully saturated rings. The summed E-state index contributed by atoms with van der Waals surface area (Å²) in [5.74, 6) is 0.754. The molecule has 1 atom stereocenters. The molecule has 6 heteroatoms. The molecule has 1 amide bonds. The molecule has 0 aliphatic heterocycles. The van der Waals surface area contributed by atoms with E-state index in [0.29, 0.717) is 23.9 Å². The Kier molecular flexibility index (Phi) is 7.09. The molecule has 2 rings (SSSR count). The van der Waals surface area contributed by atoms with Crippen LogP contribution < -0.4 is 15.0 Å². The number of amides is 1. The lowest BCUT2D eigenvalue weighted by Gasteiger charge is -2.15. The van der Waals surface area contributed by atoms with E-state index in [0.717, 1.165) is 27.2 Å². The van der Waals surface area contributed by atoms with Crippen molar-refractivity contribution in [2.75, 3.05) is 32.1 Å². The van der Waals surface area contributed by atoms with E-state index in [9.17, 15) is 4.79 Å². The van der Waals surface area contributed by atoms with Gasteiger partial charge in [-0.3, -0.25) is 4.79 Å². The first-order chi connectivity index (χ1) is 11.4. The maximum Gasteiger partial charge on any atom is 0.279 e. The molecule has 24 heavy (non-hydrogen) atoms. The lowest BCUT2D eigenvalue weighted by molar-refractivity contribution is -0.871. The van der Waals surface area contributed by atoms with E-state index >= 15 is 0 Å². The number of halogens is 2. The number of quaternary nitrogens is 1. The van der Waals surface area contributed by atoms with Gasteiger partial charge in [0, 0.05) is 4.47 Å². The number of likely N-dealkylation sites (N-methyl/N-ethyl adjacent to an activating group) is 1. The second-order valence-corrected chi connectivity index (χ2v) is 7.04. The van der Waals surface area contributed by atoms with E-state index in [2.05, 4.69) is 21.2 Å². The fourth-order valence-corrected chi connectivity index (χ4v) is 2.70. The van der Waals surface area contributed by atoms with Crippen molar-refractivity contribution in [1.29, 1.82) is 0 Å². The van der Waals surface area contributed by atoms with Crippen molar-refractivity contribution < 1.29 is 14.4 Å². The van der Waals surface area contributed by atoms with Gasteiger partial charge in [0.25, 0.3) is 5.91 Å². The molecule has 128 valence electrons. The minimum absolute atomic E-state index is 0.0677. The van der Waals surface area contributed by atoms with E-state index in [1.807, 2.05) is 56.4 Å². The molecule has 2 aromatic carbocycles. The monoisotopic (exact) mass is 411 g/mol. The zero-order chi connectivity index (χ0) is 17.5. The van der Waals surface area contributed by atoms with E-state index in [1.165, 1.54) is 0 Å². The molecule has 0 saturated heterocycles. The highest BCUT2D eigenvalue weighted by molar-refractivity contribution is 9.10. The van der Waals surface area contributed by atoms with Crippen molar-refractivity contribution in [3.05, 3.63) is 57.5 Å². The molecule has 1 unspecified atom stereocenters. The van der Waals surface area contributed by atoms with Crippen LogP contribution in [0.2, 0.25) is 5.02 Å². The Hall–Kier alpha value is -1.56. The van der Waals surface area contributed by atoms with Crippen molar-refractivity contribution in [2.24, 2.45) is 0 Å². The Morgan fingerprint density at radius 1 is 1.25 bits per heavy atom. The van der Waals surface area contributed by atoms with Crippen molar-refractivity contribution in [2.45, 2.75) is 6.92 Å². The SMILES string of the molecule is Cc1ccc(NC(=O)C[NH+](C)CCOc2ccc(Br)cc2)c(Cl)c1. The third kappa shape index (κ3) is 6.15. The number of ether oxygens (including phenoxy) is 1. The third-order valence-corrected chi connectivity index (χ3v) is 4.31. The molecule has 0 aliphatic carbocycles. The molecule has 2 N–H and O–H groups in total. The highest BCUT2D eigenvalue weighted by atomic mass is 79.9. The van der Waals surface area contributed by atoms with Crippen LogP contribution in [0.15, 0.2) is 46.9 Å². The quantitative estimate of drug-likeness (QED) is 0.734. The second-order valence-electron chi connectivity index (χ2n) is 5.72. The first kappa shape index (κ1) is 18.8. The molecule has 4 nitrogen and oxygen atoms in total. The van der Waals surface area contributed by atoms with Gasteiger partial charge in [-0.1, -0.05) is 33.6 Å². The summed E-state index contributed by atoms with van der Waals surface area (Å²) in [7, 11) is 1.96. The number of carbonyl (C=O) groups is 1. The van der Waals surface area contributed by atoms with Crippen molar-refractivity contribution >= 4 is 39.1 Å². The van der Waals surface area contributed by atoms with Crippen LogP contribution in [0, 0.1) is 6.92 Å². The van der Waals surface area contributed by atoms with Gasteiger partial charge in [0.15, 0.2) is 6.54 Å². The molecule has 0 bridgehead atoms. The fraction of sp³-hybridized carbons (Fsp3) is 0.278. The third-order valence-electron chi connectivity index (χ3n) is 3.47. The van der Waals surface area contributed by atoms with E-state index in [1.54, 1.807) is 0 Å². The van der Waals surface area contributed by atoms with Crippen LogP contribution in [0.1, 0.15) is 5.56 Å². The zero-order valence-electron chi connectivity index (χ0n) is 13.7. The van der Waals surface area contributed by atoms with Crippen LogP contribution in [0.3, 0.4) is 0 Å². The van der Waals surface area contributed by atoms with Gasteiger partial charge in [0.1, 0.15) is 18.9 Å². The topological polar surface area (TPSA) is 42.8 Å². The van der Waals surface area contributed by atoms with Crippen LogP contribution in [-0.2, 0) is 4.79 Å².